The zero-order valence-corrected chi connectivity index (χ0v) is 11.9. The molecule has 1 heterocycles. The first kappa shape index (κ1) is 14.1. The summed E-state index contributed by atoms with van der Waals surface area (Å²) in [6, 6.07) is 7.42. The lowest BCUT2D eigenvalue weighted by Gasteiger charge is -2.08. The van der Waals surface area contributed by atoms with Gasteiger partial charge in [-0.3, -0.25) is 9.48 Å². The second-order valence-electron chi connectivity index (χ2n) is 4.45. The summed E-state index contributed by atoms with van der Waals surface area (Å²) in [6.07, 6.45) is 0.846. The Kier molecular flexibility index (Phi) is 4.40. The Morgan fingerprint density at radius 3 is 2.40 bits per heavy atom. The van der Waals surface area contributed by atoms with E-state index in [0.717, 1.165) is 29.2 Å². The first-order valence-corrected chi connectivity index (χ1v) is 6.41. The van der Waals surface area contributed by atoms with Gasteiger partial charge in [0.2, 0.25) is 0 Å². The molecule has 2 rings (SSSR count). The van der Waals surface area contributed by atoms with Crippen molar-refractivity contribution in [3.05, 3.63) is 41.2 Å². The molecule has 0 amide bonds. The number of carbonyl (C=O) groups is 1. The quantitative estimate of drug-likeness (QED) is 0.759. The van der Waals surface area contributed by atoms with Crippen LogP contribution in [-0.4, -0.2) is 29.8 Å². The lowest BCUT2D eigenvalue weighted by molar-refractivity contribution is 0.112. The van der Waals surface area contributed by atoms with Crippen molar-refractivity contribution in [1.82, 2.24) is 9.78 Å². The van der Waals surface area contributed by atoms with Crippen LogP contribution in [0.3, 0.4) is 0 Å². The van der Waals surface area contributed by atoms with E-state index in [1.54, 1.807) is 11.8 Å². The van der Waals surface area contributed by atoms with Crippen molar-refractivity contribution in [2.75, 3.05) is 13.7 Å². The van der Waals surface area contributed by atoms with E-state index >= 15 is 0 Å². The molecule has 1 aromatic heterocycles. The summed E-state index contributed by atoms with van der Waals surface area (Å²) in [4.78, 5) is 10.9. The van der Waals surface area contributed by atoms with Crippen LogP contribution in [0.2, 0.25) is 0 Å². The fraction of sp³-hybridized carbons (Fsp3) is 0.333. The highest BCUT2D eigenvalue weighted by Gasteiger charge is 2.10. The number of benzene rings is 1. The van der Waals surface area contributed by atoms with Gasteiger partial charge in [0.15, 0.2) is 6.29 Å². The largest absolute Gasteiger partial charge is 0.497 e. The number of nitrogens with zero attached hydrogens (tertiary/aromatic N) is 2. The number of hydrogen-bond donors (Lipinski definition) is 0. The van der Waals surface area contributed by atoms with Crippen LogP contribution in [0.5, 0.6) is 11.5 Å². The van der Waals surface area contributed by atoms with Crippen LogP contribution in [0.1, 0.15) is 21.7 Å². The van der Waals surface area contributed by atoms with Crippen LogP contribution < -0.4 is 9.47 Å². The van der Waals surface area contributed by atoms with Crippen LogP contribution >= 0.6 is 0 Å². The van der Waals surface area contributed by atoms with Gasteiger partial charge in [-0.2, -0.15) is 5.10 Å². The molecule has 1 aromatic carbocycles. The van der Waals surface area contributed by atoms with Gasteiger partial charge in [0.25, 0.3) is 0 Å². The summed E-state index contributed by atoms with van der Waals surface area (Å²) in [5.41, 5.74) is 2.28. The number of aldehydes is 1. The minimum Gasteiger partial charge on any atom is -0.497 e. The molecule has 5 nitrogen and oxygen atoms in total. The van der Waals surface area contributed by atoms with Gasteiger partial charge in [-0.05, 0) is 38.1 Å². The lowest BCUT2D eigenvalue weighted by Crippen LogP contribution is -2.11. The molecule has 0 N–H and O–H groups in total. The molecule has 0 saturated carbocycles. The molecule has 0 atom stereocenters. The Morgan fingerprint density at radius 1 is 1.20 bits per heavy atom. The van der Waals surface area contributed by atoms with Crippen molar-refractivity contribution < 1.29 is 14.3 Å². The van der Waals surface area contributed by atoms with Crippen LogP contribution in [0.4, 0.5) is 0 Å². The predicted molar refractivity (Wildman–Crippen MR) is 75.6 cm³/mol. The van der Waals surface area contributed by atoms with E-state index in [2.05, 4.69) is 5.10 Å². The van der Waals surface area contributed by atoms with Crippen molar-refractivity contribution in [2.45, 2.75) is 20.4 Å². The average Bonchev–Trinajstić information content (AvgIpc) is 2.74. The summed E-state index contributed by atoms with van der Waals surface area (Å²) in [5, 5.41) is 4.32. The van der Waals surface area contributed by atoms with Crippen LogP contribution in [0.15, 0.2) is 24.3 Å². The van der Waals surface area contributed by atoms with Crippen LogP contribution in [-0.2, 0) is 6.54 Å². The molecule has 0 aliphatic carbocycles. The maximum Gasteiger partial charge on any atom is 0.153 e. The van der Waals surface area contributed by atoms with Gasteiger partial charge in [0.05, 0.1) is 24.9 Å². The van der Waals surface area contributed by atoms with Crippen molar-refractivity contribution in [3.8, 4) is 11.5 Å². The molecule has 5 heteroatoms. The topological polar surface area (TPSA) is 53.4 Å². The zero-order chi connectivity index (χ0) is 14.5. The summed E-state index contributed by atoms with van der Waals surface area (Å²) in [7, 11) is 1.63. The molecule has 2 aromatic rings. The minimum atomic E-state index is 0.493. The van der Waals surface area contributed by atoms with Gasteiger partial charge >= 0.3 is 0 Å². The summed E-state index contributed by atoms with van der Waals surface area (Å²) >= 11 is 0. The van der Waals surface area contributed by atoms with Crippen molar-refractivity contribution in [1.29, 1.82) is 0 Å². The van der Waals surface area contributed by atoms with Crippen LogP contribution in [0, 0.1) is 13.8 Å². The Morgan fingerprint density at radius 2 is 1.85 bits per heavy atom. The summed E-state index contributed by atoms with van der Waals surface area (Å²) < 4.78 is 12.5. The molecule has 0 fully saturated rings. The average molecular weight is 274 g/mol. The molecule has 106 valence electrons. The van der Waals surface area contributed by atoms with E-state index in [0.29, 0.717) is 18.7 Å². The second-order valence-corrected chi connectivity index (χ2v) is 4.45. The molecule has 0 unspecified atom stereocenters. The van der Waals surface area contributed by atoms with E-state index in [1.807, 2.05) is 38.1 Å². The number of carbonyl (C=O) groups excluding carboxylic acids is 1. The smallest absolute Gasteiger partial charge is 0.153 e. The molecule has 0 saturated heterocycles. The molecule has 20 heavy (non-hydrogen) atoms. The number of hydrogen-bond acceptors (Lipinski definition) is 4. The summed E-state index contributed by atoms with van der Waals surface area (Å²) in [6.45, 7) is 4.81. The predicted octanol–water partition coefficient (Wildman–Crippen LogP) is 2.40. The van der Waals surface area contributed by atoms with Gasteiger partial charge < -0.3 is 9.47 Å². The third kappa shape index (κ3) is 2.99. The first-order valence-electron chi connectivity index (χ1n) is 6.41. The molecule has 0 spiro atoms. The number of aryl methyl sites for hydroxylation is 1. The molecular formula is C15H18N2O3. The van der Waals surface area contributed by atoms with Gasteiger partial charge in [-0.25, -0.2) is 0 Å². The third-order valence-corrected chi connectivity index (χ3v) is 3.19. The Bertz CT molecular complexity index is 588. The van der Waals surface area contributed by atoms with Gasteiger partial charge in [0.1, 0.15) is 18.1 Å². The Balaban J connectivity index is 1.94. The summed E-state index contributed by atoms with van der Waals surface area (Å²) in [5.74, 6) is 1.58. The Labute approximate surface area is 118 Å². The molecular weight excluding hydrogens is 256 g/mol. The second kappa shape index (κ2) is 6.23. The normalized spacial score (nSPS) is 10.3. The van der Waals surface area contributed by atoms with Crippen LogP contribution in [0.25, 0.3) is 0 Å². The van der Waals surface area contributed by atoms with Gasteiger partial charge in [-0.15, -0.1) is 0 Å². The number of aromatic nitrogens is 2. The van der Waals surface area contributed by atoms with E-state index in [-0.39, 0.29) is 0 Å². The zero-order valence-electron chi connectivity index (χ0n) is 11.9. The molecule has 0 aliphatic heterocycles. The molecule has 0 bridgehead atoms. The van der Waals surface area contributed by atoms with E-state index in [1.165, 1.54) is 0 Å². The SMILES string of the molecule is COc1ccc(OCCn2nc(C)c(C=O)c2C)cc1. The monoisotopic (exact) mass is 274 g/mol. The molecule has 0 radical (unpaired) electrons. The fourth-order valence-corrected chi connectivity index (χ4v) is 2.02. The Hall–Kier alpha value is -2.30. The standard InChI is InChI=1S/C15H18N2O3/c1-11-15(10-18)12(2)17(16-11)8-9-20-14-6-4-13(19-3)5-7-14/h4-7,10H,8-9H2,1-3H3. The maximum atomic E-state index is 10.9. The van der Waals surface area contributed by atoms with Crippen molar-refractivity contribution >= 4 is 6.29 Å². The van der Waals surface area contributed by atoms with Crippen molar-refractivity contribution in [2.24, 2.45) is 0 Å². The minimum absolute atomic E-state index is 0.493. The number of ether oxygens (including phenoxy) is 2. The highest BCUT2D eigenvalue weighted by Crippen LogP contribution is 2.17. The van der Waals surface area contributed by atoms with Gasteiger partial charge in [0, 0.05) is 5.69 Å². The van der Waals surface area contributed by atoms with Crippen molar-refractivity contribution in [3.63, 3.8) is 0 Å². The van der Waals surface area contributed by atoms with E-state index < -0.39 is 0 Å². The van der Waals surface area contributed by atoms with Gasteiger partial charge in [-0.1, -0.05) is 0 Å². The van der Waals surface area contributed by atoms with E-state index in [4.69, 9.17) is 9.47 Å². The molecule has 0 aliphatic rings. The lowest BCUT2D eigenvalue weighted by atomic mass is 10.2. The third-order valence-electron chi connectivity index (χ3n) is 3.19. The highest BCUT2D eigenvalue weighted by atomic mass is 16.5. The van der Waals surface area contributed by atoms with E-state index in [9.17, 15) is 4.79 Å². The number of rotatable bonds is 6. The fourth-order valence-electron chi connectivity index (χ4n) is 2.02. The highest BCUT2D eigenvalue weighted by molar-refractivity contribution is 5.77. The first-order chi connectivity index (χ1) is 9.65. The number of methoxy groups -OCH3 is 1. The maximum absolute atomic E-state index is 10.9.